The van der Waals surface area contributed by atoms with Crippen LogP contribution in [-0.2, 0) is 21.4 Å². The monoisotopic (exact) mass is 379 g/mol. The summed E-state index contributed by atoms with van der Waals surface area (Å²) < 4.78 is 0. The van der Waals surface area contributed by atoms with Crippen LogP contribution in [0, 0.1) is 0 Å². The first-order valence-electron chi connectivity index (χ1n) is 9.25. The van der Waals surface area contributed by atoms with Gasteiger partial charge in [0.1, 0.15) is 0 Å². The number of anilines is 2. The summed E-state index contributed by atoms with van der Waals surface area (Å²) in [6.45, 7) is 3.73. The van der Waals surface area contributed by atoms with Gasteiger partial charge in [-0.2, -0.15) is 0 Å². The quantitative estimate of drug-likeness (QED) is 0.837. The number of nitrogens with zero attached hydrogens (tertiary/aromatic N) is 1. The smallest absolute Gasteiger partial charge is 0.253 e. The fourth-order valence-electron chi connectivity index (χ4n) is 3.20. The second-order valence-electron chi connectivity index (χ2n) is 7.78. The molecule has 0 saturated carbocycles. The molecule has 0 radical (unpaired) electrons. The van der Waals surface area contributed by atoms with Gasteiger partial charge in [0.2, 0.25) is 11.8 Å². The van der Waals surface area contributed by atoms with E-state index in [1.54, 1.807) is 32.3 Å². The van der Waals surface area contributed by atoms with E-state index in [-0.39, 0.29) is 17.7 Å². The SMILES string of the molecule is CN(C)C(=O)c1ccc(CCC(=O)Nc2ccc3c(c2)C(C)(C)C(=O)N3)cc1. The van der Waals surface area contributed by atoms with Gasteiger partial charge < -0.3 is 15.5 Å². The van der Waals surface area contributed by atoms with Gasteiger partial charge in [-0.15, -0.1) is 0 Å². The molecule has 2 N–H and O–H groups in total. The molecule has 0 unspecified atom stereocenters. The first-order chi connectivity index (χ1) is 13.2. The molecule has 0 fully saturated rings. The summed E-state index contributed by atoms with van der Waals surface area (Å²) in [6, 6.07) is 12.8. The van der Waals surface area contributed by atoms with Crippen molar-refractivity contribution in [2.24, 2.45) is 0 Å². The van der Waals surface area contributed by atoms with E-state index in [0.29, 0.717) is 24.1 Å². The maximum Gasteiger partial charge on any atom is 0.253 e. The van der Waals surface area contributed by atoms with Crippen LogP contribution in [0.2, 0.25) is 0 Å². The summed E-state index contributed by atoms with van der Waals surface area (Å²) in [7, 11) is 3.43. The number of amides is 3. The first kappa shape index (κ1) is 19.6. The second-order valence-corrected chi connectivity index (χ2v) is 7.78. The van der Waals surface area contributed by atoms with E-state index in [1.165, 1.54) is 4.90 Å². The van der Waals surface area contributed by atoms with Crippen molar-refractivity contribution in [3.8, 4) is 0 Å². The minimum absolute atomic E-state index is 0.0397. The highest BCUT2D eigenvalue weighted by molar-refractivity contribution is 6.06. The second kappa shape index (κ2) is 7.46. The van der Waals surface area contributed by atoms with Crippen LogP contribution in [0.15, 0.2) is 42.5 Å². The van der Waals surface area contributed by atoms with Crippen LogP contribution in [0.4, 0.5) is 11.4 Å². The molecule has 6 nitrogen and oxygen atoms in total. The number of hydrogen-bond acceptors (Lipinski definition) is 3. The Morgan fingerprint density at radius 1 is 1.07 bits per heavy atom. The number of benzene rings is 2. The zero-order valence-electron chi connectivity index (χ0n) is 16.6. The van der Waals surface area contributed by atoms with E-state index >= 15 is 0 Å². The van der Waals surface area contributed by atoms with Crippen molar-refractivity contribution in [2.75, 3.05) is 24.7 Å². The molecular weight excluding hydrogens is 354 g/mol. The van der Waals surface area contributed by atoms with Gasteiger partial charge >= 0.3 is 0 Å². The van der Waals surface area contributed by atoms with E-state index < -0.39 is 5.41 Å². The van der Waals surface area contributed by atoms with Gasteiger partial charge in [0.05, 0.1) is 5.41 Å². The maximum atomic E-state index is 12.3. The van der Waals surface area contributed by atoms with E-state index in [4.69, 9.17) is 0 Å². The van der Waals surface area contributed by atoms with Crippen LogP contribution in [0.25, 0.3) is 0 Å². The topological polar surface area (TPSA) is 78.5 Å². The standard InChI is InChI=1S/C22H25N3O3/c1-22(2)17-13-16(10-11-18(17)24-21(22)28)23-19(26)12-7-14-5-8-15(9-6-14)20(27)25(3)4/h5-6,8-11,13H,7,12H2,1-4H3,(H,23,26)(H,24,28). The molecule has 0 aromatic heterocycles. The minimum atomic E-state index is -0.609. The Bertz CT molecular complexity index is 931. The molecule has 28 heavy (non-hydrogen) atoms. The molecule has 0 bridgehead atoms. The van der Waals surface area contributed by atoms with E-state index in [1.807, 2.05) is 38.1 Å². The van der Waals surface area contributed by atoms with Crippen LogP contribution in [0.3, 0.4) is 0 Å². The highest BCUT2D eigenvalue weighted by Gasteiger charge is 2.38. The van der Waals surface area contributed by atoms with E-state index in [0.717, 1.165) is 16.8 Å². The predicted molar refractivity (Wildman–Crippen MR) is 110 cm³/mol. The van der Waals surface area contributed by atoms with Crippen molar-refractivity contribution < 1.29 is 14.4 Å². The third kappa shape index (κ3) is 3.91. The third-order valence-corrected chi connectivity index (χ3v) is 5.04. The summed E-state index contributed by atoms with van der Waals surface area (Å²) in [5.74, 6) is -0.178. The summed E-state index contributed by atoms with van der Waals surface area (Å²) >= 11 is 0. The molecule has 3 rings (SSSR count). The molecule has 146 valence electrons. The number of rotatable bonds is 5. The molecule has 6 heteroatoms. The molecule has 0 atom stereocenters. The first-order valence-corrected chi connectivity index (χ1v) is 9.25. The van der Waals surface area contributed by atoms with Gasteiger partial charge in [-0.05, 0) is 61.7 Å². The zero-order chi connectivity index (χ0) is 20.5. The lowest BCUT2D eigenvalue weighted by atomic mass is 9.86. The van der Waals surface area contributed by atoms with Crippen molar-refractivity contribution in [2.45, 2.75) is 32.1 Å². The van der Waals surface area contributed by atoms with E-state index in [9.17, 15) is 14.4 Å². The lowest BCUT2D eigenvalue weighted by Crippen LogP contribution is -2.26. The number of carbonyl (C=O) groups is 3. The van der Waals surface area contributed by atoms with Crippen molar-refractivity contribution in [3.63, 3.8) is 0 Å². The average molecular weight is 379 g/mol. The van der Waals surface area contributed by atoms with Crippen molar-refractivity contribution in [1.29, 1.82) is 0 Å². The van der Waals surface area contributed by atoms with Gasteiger partial charge in [0.25, 0.3) is 5.91 Å². The molecule has 3 amide bonds. The van der Waals surface area contributed by atoms with E-state index in [2.05, 4.69) is 10.6 Å². The zero-order valence-corrected chi connectivity index (χ0v) is 16.6. The Balaban J connectivity index is 1.59. The van der Waals surface area contributed by atoms with Crippen molar-refractivity contribution in [3.05, 3.63) is 59.2 Å². The molecular formula is C22H25N3O3. The Hall–Kier alpha value is -3.15. The molecule has 2 aromatic carbocycles. The lowest BCUT2D eigenvalue weighted by Gasteiger charge is -2.16. The Morgan fingerprint density at radius 2 is 1.75 bits per heavy atom. The molecule has 2 aromatic rings. The fourth-order valence-corrected chi connectivity index (χ4v) is 3.20. The Kier molecular flexibility index (Phi) is 5.23. The van der Waals surface area contributed by atoms with Gasteiger partial charge in [0.15, 0.2) is 0 Å². The predicted octanol–water partition coefficient (Wildman–Crippen LogP) is 3.19. The van der Waals surface area contributed by atoms with Gasteiger partial charge in [0, 0.05) is 37.5 Å². The van der Waals surface area contributed by atoms with Crippen LogP contribution < -0.4 is 10.6 Å². The van der Waals surface area contributed by atoms with Gasteiger partial charge in [-0.3, -0.25) is 14.4 Å². The molecule has 0 aliphatic carbocycles. The molecule has 1 aliphatic heterocycles. The molecule has 1 aliphatic rings. The molecule has 1 heterocycles. The highest BCUT2D eigenvalue weighted by atomic mass is 16.2. The molecule has 0 saturated heterocycles. The summed E-state index contributed by atoms with van der Waals surface area (Å²) in [6.07, 6.45) is 0.914. The molecule has 0 spiro atoms. The number of nitrogens with one attached hydrogen (secondary N) is 2. The average Bonchev–Trinajstić information content (AvgIpc) is 2.89. The van der Waals surface area contributed by atoms with Crippen molar-refractivity contribution >= 4 is 29.1 Å². The van der Waals surface area contributed by atoms with Crippen LogP contribution in [0.1, 0.15) is 41.8 Å². The van der Waals surface area contributed by atoms with Crippen LogP contribution in [0.5, 0.6) is 0 Å². The maximum absolute atomic E-state index is 12.3. The normalized spacial score (nSPS) is 14.2. The Labute approximate surface area is 164 Å². The van der Waals surface area contributed by atoms with Gasteiger partial charge in [-0.25, -0.2) is 0 Å². The fraction of sp³-hybridized carbons (Fsp3) is 0.318. The summed E-state index contributed by atoms with van der Waals surface area (Å²) in [5, 5.41) is 5.76. The minimum Gasteiger partial charge on any atom is -0.345 e. The van der Waals surface area contributed by atoms with Crippen LogP contribution >= 0.6 is 0 Å². The largest absolute Gasteiger partial charge is 0.345 e. The number of fused-ring (bicyclic) bond motifs is 1. The number of aryl methyl sites for hydroxylation is 1. The Morgan fingerprint density at radius 3 is 2.39 bits per heavy atom. The van der Waals surface area contributed by atoms with Crippen LogP contribution in [-0.4, -0.2) is 36.7 Å². The van der Waals surface area contributed by atoms with Gasteiger partial charge in [-0.1, -0.05) is 12.1 Å². The third-order valence-electron chi connectivity index (χ3n) is 5.04. The van der Waals surface area contributed by atoms with Crippen molar-refractivity contribution in [1.82, 2.24) is 4.90 Å². The number of carbonyl (C=O) groups excluding carboxylic acids is 3. The summed E-state index contributed by atoms with van der Waals surface area (Å²) in [5.41, 5.74) is 3.37. The summed E-state index contributed by atoms with van der Waals surface area (Å²) in [4.78, 5) is 37.8. The highest BCUT2D eigenvalue weighted by Crippen LogP contribution is 2.38. The lowest BCUT2D eigenvalue weighted by molar-refractivity contribution is -0.119. The number of hydrogen-bond donors (Lipinski definition) is 2.